The highest BCUT2D eigenvalue weighted by Gasteiger charge is 2.66. The molecule has 0 unspecified atom stereocenters. The van der Waals surface area contributed by atoms with Crippen molar-refractivity contribution < 1.29 is 49.2 Å². The van der Waals surface area contributed by atoms with E-state index in [2.05, 4.69) is 0 Å². The Morgan fingerprint density at radius 3 is 2.00 bits per heavy atom. The van der Waals surface area contributed by atoms with Crippen LogP contribution in [0.1, 0.15) is 73.1 Å². The Morgan fingerprint density at radius 2 is 1.33 bits per heavy atom. The third kappa shape index (κ3) is 3.99. The molecule has 0 aliphatic carbocycles. The van der Waals surface area contributed by atoms with E-state index in [1.54, 1.807) is 13.8 Å². The summed E-state index contributed by atoms with van der Waals surface area (Å²) in [6, 6.07) is 0. The van der Waals surface area contributed by atoms with Crippen molar-refractivity contribution in [3.8, 4) is 0 Å². The fourth-order valence-corrected chi connectivity index (χ4v) is 7.33. The topological polar surface area (TPSA) is 147 Å². The van der Waals surface area contributed by atoms with Gasteiger partial charge in [0.05, 0.1) is 59.5 Å². The SMILES string of the molecule is C[C@@]12O[C@@H]3CC[C@]4(C)O[C@@H]5C[C@H](O)[C@@H](CO)O[C@@]5(C)C[C@H]4O[C@@]3(C)C[C@H]1O[C@@](C)(CCO)[C@H](O)[C@@H]2O. The molecular formula is C26H44O10. The number of rotatable bonds is 3. The van der Waals surface area contributed by atoms with Crippen molar-refractivity contribution in [1.29, 1.82) is 0 Å². The Balaban J connectivity index is 1.43. The van der Waals surface area contributed by atoms with Crippen LogP contribution in [0.3, 0.4) is 0 Å². The third-order valence-corrected chi connectivity index (χ3v) is 10.0. The smallest absolute Gasteiger partial charge is 0.120 e. The van der Waals surface area contributed by atoms with Gasteiger partial charge in [-0.05, 0) is 47.5 Å². The van der Waals surface area contributed by atoms with Gasteiger partial charge >= 0.3 is 0 Å². The summed E-state index contributed by atoms with van der Waals surface area (Å²) in [4.78, 5) is 0. The minimum atomic E-state index is -1.21. The molecule has 13 atom stereocenters. The van der Waals surface area contributed by atoms with Gasteiger partial charge in [0.1, 0.15) is 23.9 Å². The van der Waals surface area contributed by atoms with E-state index in [1.807, 2.05) is 20.8 Å². The second kappa shape index (κ2) is 8.81. The van der Waals surface area contributed by atoms with Crippen LogP contribution >= 0.6 is 0 Å². The molecule has 36 heavy (non-hydrogen) atoms. The van der Waals surface area contributed by atoms with Crippen LogP contribution < -0.4 is 0 Å². The molecule has 5 rings (SSSR count). The van der Waals surface area contributed by atoms with Gasteiger partial charge in [0.2, 0.25) is 0 Å². The fraction of sp³-hybridized carbons (Fsp3) is 1.00. The van der Waals surface area contributed by atoms with Crippen molar-refractivity contribution in [3.63, 3.8) is 0 Å². The predicted octanol–water partition coefficient (Wildman–Crippen LogP) is 0.182. The lowest BCUT2D eigenvalue weighted by molar-refractivity contribution is -0.372. The van der Waals surface area contributed by atoms with Crippen molar-refractivity contribution in [2.75, 3.05) is 13.2 Å². The average Bonchev–Trinajstić information content (AvgIpc) is 2.89. The van der Waals surface area contributed by atoms with Crippen molar-refractivity contribution in [2.45, 2.75) is 150 Å². The summed E-state index contributed by atoms with van der Waals surface area (Å²) in [5, 5.41) is 51.8. The molecule has 5 fully saturated rings. The predicted molar refractivity (Wildman–Crippen MR) is 126 cm³/mol. The Kier molecular flexibility index (Phi) is 6.65. The second-order valence-electron chi connectivity index (χ2n) is 12.8. The molecule has 0 aromatic carbocycles. The lowest BCUT2D eigenvalue weighted by Gasteiger charge is -2.61. The molecule has 5 heterocycles. The van der Waals surface area contributed by atoms with Crippen LogP contribution in [0, 0.1) is 0 Å². The third-order valence-electron chi connectivity index (χ3n) is 10.0. The first-order valence-electron chi connectivity index (χ1n) is 13.4. The summed E-state index contributed by atoms with van der Waals surface area (Å²) in [6.45, 7) is 9.03. The first-order valence-corrected chi connectivity index (χ1v) is 13.4. The van der Waals surface area contributed by atoms with E-state index in [0.29, 0.717) is 32.1 Å². The molecule has 0 bridgehead atoms. The summed E-state index contributed by atoms with van der Waals surface area (Å²) >= 11 is 0. The van der Waals surface area contributed by atoms with Gasteiger partial charge in [0.25, 0.3) is 0 Å². The zero-order chi connectivity index (χ0) is 26.3. The van der Waals surface area contributed by atoms with Crippen LogP contribution in [-0.4, -0.2) is 116 Å². The highest BCUT2D eigenvalue weighted by Crippen LogP contribution is 2.54. The lowest BCUT2D eigenvalue weighted by atomic mass is 9.71. The lowest BCUT2D eigenvalue weighted by Crippen LogP contribution is -2.75. The summed E-state index contributed by atoms with van der Waals surface area (Å²) < 4.78 is 32.6. The molecular weight excluding hydrogens is 472 g/mol. The fourth-order valence-electron chi connectivity index (χ4n) is 7.33. The van der Waals surface area contributed by atoms with E-state index < -0.39 is 58.5 Å². The van der Waals surface area contributed by atoms with Gasteiger partial charge in [0.15, 0.2) is 0 Å². The maximum atomic E-state index is 11.2. The van der Waals surface area contributed by atoms with Crippen LogP contribution in [0.5, 0.6) is 0 Å². The molecule has 5 N–H and O–H groups in total. The standard InChI is InChI=1S/C26H44O10/c1-22-7-6-16-24(3,12-19-26(5,36-16)21(31)20(30)23(2,35-19)8-9-27)34-18(22)11-25(4)17(33-22)10-14(29)15(13-28)32-25/h14-21,27-31H,6-13H2,1-5H3/t14-,15+,16+,17+,18+,19+,20+,21-,22-,23-,24-,25-,26+/m0/s1. The minimum Gasteiger partial charge on any atom is -0.396 e. The molecule has 5 aliphatic rings. The van der Waals surface area contributed by atoms with Gasteiger partial charge in [-0.3, -0.25) is 0 Å². The Labute approximate surface area is 212 Å². The summed E-state index contributed by atoms with van der Waals surface area (Å²) in [5.74, 6) is 0. The molecule has 208 valence electrons. The summed E-state index contributed by atoms with van der Waals surface area (Å²) in [5.41, 5.74) is -4.38. The van der Waals surface area contributed by atoms with Crippen LogP contribution in [0.4, 0.5) is 0 Å². The Hall–Kier alpha value is -0.400. The first-order chi connectivity index (χ1) is 16.7. The summed E-state index contributed by atoms with van der Waals surface area (Å²) in [6.07, 6.45) is -2.69. The van der Waals surface area contributed by atoms with Gasteiger partial charge in [-0.1, -0.05) is 0 Å². The molecule has 0 aromatic heterocycles. The highest BCUT2D eigenvalue weighted by molar-refractivity contribution is 5.15. The van der Waals surface area contributed by atoms with Crippen molar-refractivity contribution in [2.24, 2.45) is 0 Å². The largest absolute Gasteiger partial charge is 0.396 e. The quantitative estimate of drug-likeness (QED) is 0.352. The maximum Gasteiger partial charge on any atom is 0.120 e. The molecule has 5 aliphatic heterocycles. The van der Waals surface area contributed by atoms with Crippen molar-refractivity contribution >= 4 is 0 Å². The summed E-state index contributed by atoms with van der Waals surface area (Å²) in [7, 11) is 0. The van der Waals surface area contributed by atoms with E-state index in [-0.39, 0.29) is 37.9 Å². The van der Waals surface area contributed by atoms with Gasteiger partial charge < -0.3 is 49.2 Å². The van der Waals surface area contributed by atoms with Crippen molar-refractivity contribution in [1.82, 2.24) is 0 Å². The molecule has 0 amide bonds. The average molecular weight is 517 g/mol. The molecule has 0 radical (unpaired) electrons. The molecule has 0 spiro atoms. The minimum absolute atomic E-state index is 0.179. The first kappa shape index (κ1) is 27.2. The number of aliphatic hydroxyl groups is 5. The van der Waals surface area contributed by atoms with E-state index in [4.69, 9.17) is 23.7 Å². The second-order valence-corrected chi connectivity index (χ2v) is 12.8. The Morgan fingerprint density at radius 1 is 0.694 bits per heavy atom. The number of hydrogen-bond acceptors (Lipinski definition) is 10. The number of ether oxygens (including phenoxy) is 5. The van der Waals surface area contributed by atoms with Gasteiger partial charge in [-0.25, -0.2) is 0 Å². The van der Waals surface area contributed by atoms with Gasteiger partial charge in [0, 0.05) is 32.3 Å². The zero-order valence-corrected chi connectivity index (χ0v) is 22.1. The van der Waals surface area contributed by atoms with E-state index in [1.165, 1.54) is 0 Å². The molecule has 10 nitrogen and oxygen atoms in total. The van der Waals surface area contributed by atoms with Gasteiger partial charge in [-0.15, -0.1) is 0 Å². The van der Waals surface area contributed by atoms with E-state index in [0.717, 1.165) is 0 Å². The highest BCUT2D eigenvalue weighted by atomic mass is 16.6. The zero-order valence-electron chi connectivity index (χ0n) is 22.1. The van der Waals surface area contributed by atoms with E-state index >= 15 is 0 Å². The van der Waals surface area contributed by atoms with Crippen LogP contribution in [-0.2, 0) is 23.7 Å². The molecule has 5 saturated heterocycles. The Bertz CT molecular complexity index is 844. The van der Waals surface area contributed by atoms with Crippen LogP contribution in [0.2, 0.25) is 0 Å². The molecule has 10 heteroatoms. The normalized spacial score (nSPS) is 59.2. The van der Waals surface area contributed by atoms with Crippen LogP contribution in [0.15, 0.2) is 0 Å². The maximum absolute atomic E-state index is 11.2. The molecule has 0 aromatic rings. The number of hydrogen-bond donors (Lipinski definition) is 5. The molecule has 0 saturated carbocycles. The van der Waals surface area contributed by atoms with Crippen molar-refractivity contribution in [3.05, 3.63) is 0 Å². The monoisotopic (exact) mass is 516 g/mol. The van der Waals surface area contributed by atoms with E-state index in [9.17, 15) is 25.5 Å². The van der Waals surface area contributed by atoms with Gasteiger partial charge in [-0.2, -0.15) is 0 Å². The number of aliphatic hydroxyl groups excluding tert-OH is 5. The van der Waals surface area contributed by atoms with Crippen LogP contribution in [0.25, 0.3) is 0 Å². The number of fused-ring (bicyclic) bond motifs is 4.